The van der Waals surface area contributed by atoms with Gasteiger partial charge in [0.2, 0.25) is 0 Å². The maximum absolute atomic E-state index is 2.30. The molecule has 0 aliphatic heterocycles. The molecule has 0 nitrogen and oxygen atoms in total. The summed E-state index contributed by atoms with van der Waals surface area (Å²) in [7, 11) is 0. The Morgan fingerprint density at radius 2 is 1.92 bits per heavy atom. The molecule has 0 aromatic carbocycles. The lowest BCUT2D eigenvalue weighted by atomic mass is 9.81. The third kappa shape index (κ3) is 2.72. The Bertz CT molecular complexity index is 146. The minimum Gasteiger partial charge on any atom is -0.0654 e. The van der Waals surface area contributed by atoms with Crippen molar-refractivity contribution in [3.8, 4) is 0 Å². The van der Waals surface area contributed by atoms with E-state index in [4.69, 9.17) is 0 Å². The maximum atomic E-state index is 2.30. The molecule has 0 heteroatoms. The Kier molecular flexibility index (Phi) is 3.29. The summed E-state index contributed by atoms with van der Waals surface area (Å²) in [5.74, 6) is 3.48. The average molecular weight is 180 g/mol. The Balaban J connectivity index is 1.49. The summed E-state index contributed by atoms with van der Waals surface area (Å²) in [6.07, 6.45) is 13.7. The fourth-order valence-corrected chi connectivity index (χ4v) is 2.77. The van der Waals surface area contributed by atoms with Crippen LogP contribution >= 0.6 is 0 Å². The lowest BCUT2D eigenvalue weighted by Gasteiger charge is -2.25. The van der Waals surface area contributed by atoms with E-state index in [1.165, 1.54) is 31.6 Å². The van der Waals surface area contributed by atoms with Gasteiger partial charge in [-0.1, -0.05) is 51.9 Å². The van der Waals surface area contributed by atoms with Crippen LogP contribution < -0.4 is 0 Å². The van der Waals surface area contributed by atoms with Gasteiger partial charge < -0.3 is 0 Å². The first-order valence-corrected chi connectivity index (χ1v) is 6.40. The summed E-state index contributed by atoms with van der Waals surface area (Å²) >= 11 is 0. The van der Waals surface area contributed by atoms with Gasteiger partial charge in [0, 0.05) is 0 Å². The van der Waals surface area contributed by atoms with Crippen molar-refractivity contribution in [2.24, 2.45) is 17.8 Å². The molecule has 0 radical (unpaired) electrons. The highest BCUT2D eigenvalue weighted by molar-refractivity contribution is 4.89. The van der Waals surface area contributed by atoms with Crippen molar-refractivity contribution in [2.45, 2.75) is 64.7 Å². The average Bonchev–Trinajstić information content (AvgIpc) is 2.77. The molecule has 2 aliphatic carbocycles. The Morgan fingerprint density at radius 1 is 1.08 bits per heavy atom. The molecule has 2 saturated carbocycles. The van der Waals surface area contributed by atoms with E-state index in [2.05, 4.69) is 6.92 Å². The van der Waals surface area contributed by atoms with Gasteiger partial charge in [0.15, 0.2) is 0 Å². The smallest absolute Gasteiger partial charge is 0.0380 e. The van der Waals surface area contributed by atoms with Crippen molar-refractivity contribution in [3.05, 3.63) is 0 Å². The summed E-state index contributed by atoms with van der Waals surface area (Å²) in [4.78, 5) is 0. The molecule has 0 spiro atoms. The molecule has 2 rings (SSSR count). The van der Waals surface area contributed by atoms with Crippen LogP contribution in [0.25, 0.3) is 0 Å². The largest absolute Gasteiger partial charge is 0.0654 e. The van der Waals surface area contributed by atoms with E-state index in [1.807, 2.05) is 0 Å². The molecule has 0 amide bonds. The van der Waals surface area contributed by atoms with E-state index in [0.29, 0.717) is 0 Å². The molecule has 2 unspecified atom stereocenters. The monoisotopic (exact) mass is 180 g/mol. The zero-order chi connectivity index (χ0) is 9.10. The Hall–Kier alpha value is 0. The third-order valence-electron chi connectivity index (χ3n) is 4.11. The van der Waals surface area contributed by atoms with Crippen molar-refractivity contribution in [3.63, 3.8) is 0 Å². The fraction of sp³-hybridized carbons (Fsp3) is 1.00. The van der Waals surface area contributed by atoms with Gasteiger partial charge in [-0.25, -0.2) is 0 Å². The van der Waals surface area contributed by atoms with Crippen LogP contribution in [-0.2, 0) is 0 Å². The first-order chi connectivity index (χ1) is 6.40. The third-order valence-corrected chi connectivity index (χ3v) is 4.11. The zero-order valence-corrected chi connectivity index (χ0v) is 9.10. The molecular weight excluding hydrogens is 156 g/mol. The standard InChI is InChI=1S/C13H24/c1-2-3-4-8-12-10-13(12)9-11-6-5-7-11/h11-13H,2-10H2,1H3. The van der Waals surface area contributed by atoms with Crippen molar-refractivity contribution in [2.75, 3.05) is 0 Å². The van der Waals surface area contributed by atoms with Crippen LogP contribution in [0.1, 0.15) is 64.7 Å². The van der Waals surface area contributed by atoms with E-state index >= 15 is 0 Å². The second-order valence-corrected chi connectivity index (χ2v) is 5.28. The van der Waals surface area contributed by atoms with E-state index in [9.17, 15) is 0 Å². The van der Waals surface area contributed by atoms with Gasteiger partial charge in [-0.3, -0.25) is 0 Å². The van der Waals surface area contributed by atoms with Gasteiger partial charge >= 0.3 is 0 Å². The van der Waals surface area contributed by atoms with Crippen LogP contribution in [0.2, 0.25) is 0 Å². The molecule has 76 valence electrons. The highest BCUT2D eigenvalue weighted by atomic mass is 14.4. The highest BCUT2D eigenvalue weighted by Crippen LogP contribution is 2.49. The molecule has 0 saturated heterocycles. The highest BCUT2D eigenvalue weighted by Gasteiger charge is 2.38. The quantitative estimate of drug-likeness (QED) is 0.532. The molecule has 2 aliphatic rings. The van der Waals surface area contributed by atoms with Crippen LogP contribution in [-0.4, -0.2) is 0 Å². The SMILES string of the molecule is CCCCCC1CC1CC1CCC1. The first-order valence-electron chi connectivity index (χ1n) is 6.40. The van der Waals surface area contributed by atoms with Gasteiger partial charge in [-0.15, -0.1) is 0 Å². The van der Waals surface area contributed by atoms with Gasteiger partial charge in [0.1, 0.15) is 0 Å². The van der Waals surface area contributed by atoms with Crippen LogP contribution in [0.15, 0.2) is 0 Å². The molecule has 0 N–H and O–H groups in total. The predicted molar refractivity (Wildman–Crippen MR) is 57.7 cm³/mol. The summed E-state index contributed by atoms with van der Waals surface area (Å²) in [6.45, 7) is 2.30. The van der Waals surface area contributed by atoms with Crippen LogP contribution in [0.4, 0.5) is 0 Å². The summed E-state index contributed by atoms with van der Waals surface area (Å²) in [6, 6.07) is 0. The van der Waals surface area contributed by atoms with Crippen molar-refractivity contribution >= 4 is 0 Å². The molecule has 13 heavy (non-hydrogen) atoms. The fourth-order valence-electron chi connectivity index (χ4n) is 2.77. The number of rotatable bonds is 6. The lowest BCUT2D eigenvalue weighted by Crippen LogP contribution is -2.11. The number of hydrogen-bond donors (Lipinski definition) is 0. The minimum absolute atomic E-state index is 1.15. The van der Waals surface area contributed by atoms with Gasteiger partial charge in [-0.2, -0.15) is 0 Å². The van der Waals surface area contributed by atoms with E-state index in [-0.39, 0.29) is 0 Å². The topological polar surface area (TPSA) is 0 Å². The van der Waals surface area contributed by atoms with E-state index < -0.39 is 0 Å². The molecule has 2 fully saturated rings. The summed E-state index contributed by atoms with van der Waals surface area (Å²) < 4.78 is 0. The Morgan fingerprint density at radius 3 is 2.54 bits per heavy atom. The Labute approximate surface area is 83.1 Å². The maximum Gasteiger partial charge on any atom is -0.0380 e. The van der Waals surface area contributed by atoms with Gasteiger partial charge in [-0.05, 0) is 30.6 Å². The molecule has 0 aromatic heterocycles. The van der Waals surface area contributed by atoms with Crippen molar-refractivity contribution in [1.29, 1.82) is 0 Å². The second kappa shape index (κ2) is 4.48. The van der Waals surface area contributed by atoms with Gasteiger partial charge in [0.25, 0.3) is 0 Å². The first kappa shape index (κ1) is 9.55. The lowest BCUT2D eigenvalue weighted by molar-refractivity contribution is 0.276. The zero-order valence-electron chi connectivity index (χ0n) is 9.10. The van der Waals surface area contributed by atoms with Crippen molar-refractivity contribution in [1.82, 2.24) is 0 Å². The van der Waals surface area contributed by atoms with Crippen molar-refractivity contribution < 1.29 is 0 Å². The summed E-state index contributed by atoms with van der Waals surface area (Å²) in [5, 5.41) is 0. The molecule has 0 heterocycles. The normalized spacial score (nSPS) is 33.0. The van der Waals surface area contributed by atoms with Crippen LogP contribution in [0.5, 0.6) is 0 Å². The number of unbranched alkanes of at least 4 members (excludes halogenated alkanes) is 2. The van der Waals surface area contributed by atoms with Crippen LogP contribution in [0, 0.1) is 17.8 Å². The van der Waals surface area contributed by atoms with Crippen LogP contribution in [0.3, 0.4) is 0 Å². The second-order valence-electron chi connectivity index (χ2n) is 5.28. The molecule has 0 bridgehead atoms. The molecule has 0 aromatic rings. The molecular formula is C13H24. The molecule has 2 atom stereocenters. The number of hydrogen-bond acceptors (Lipinski definition) is 0. The van der Waals surface area contributed by atoms with Gasteiger partial charge in [0.05, 0.1) is 0 Å². The van der Waals surface area contributed by atoms with E-state index in [0.717, 1.165) is 11.8 Å². The summed E-state index contributed by atoms with van der Waals surface area (Å²) in [5.41, 5.74) is 0. The predicted octanol–water partition coefficient (Wildman–Crippen LogP) is 4.39. The minimum atomic E-state index is 1.15. The van der Waals surface area contributed by atoms with E-state index in [1.54, 1.807) is 32.1 Å².